The molecule has 0 saturated heterocycles. The molecule has 58 valence electrons. The van der Waals surface area contributed by atoms with Crippen LogP contribution in [0.4, 0.5) is 0 Å². The average Bonchev–Trinajstić information content (AvgIpc) is 1.99. The van der Waals surface area contributed by atoms with Crippen LogP contribution in [0.2, 0.25) is 0 Å². The lowest BCUT2D eigenvalue weighted by Crippen LogP contribution is -1.95. The summed E-state index contributed by atoms with van der Waals surface area (Å²) in [7, 11) is 2.46. The summed E-state index contributed by atoms with van der Waals surface area (Å²) in [6.45, 7) is 3.58. The van der Waals surface area contributed by atoms with E-state index in [0.717, 1.165) is 17.1 Å². The van der Waals surface area contributed by atoms with Crippen molar-refractivity contribution in [2.45, 2.75) is 25.5 Å². The largest absolute Gasteiger partial charge is 0.302 e. The second kappa shape index (κ2) is 5.80. The summed E-state index contributed by atoms with van der Waals surface area (Å²) in [5.41, 5.74) is 0. The van der Waals surface area contributed by atoms with Gasteiger partial charge in [-0.15, -0.1) is 0 Å². The van der Waals surface area contributed by atoms with Crippen molar-refractivity contribution < 1.29 is 9.59 Å². The van der Waals surface area contributed by atoms with Crippen LogP contribution >= 0.6 is 21.6 Å². The van der Waals surface area contributed by atoms with Crippen LogP contribution in [0.1, 0.15) is 20.3 Å². The van der Waals surface area contributed by atoms with E-state index in [4.69, 9.17) is 0 Å². The van der Waals surface area contributed by atoms with Crippen LogP contribution in [0, 0.1) is 0 Å². The van der Waals surface area contributed by atoms with Gasteiger partial charge in [-0.2, -0.15) is 0 Å². The lowest BCUT2D eigenvalue weighted by Gasteiger charge is -1.98. The number of hydrogen-bond acceptors (Lipinski definition) is 4. The highest BCUT2D eigenvalue weighted by molar-refractivity contribution is 8.82. The van der Waals surface area contributed by atoms with Gasteiger partial charge in [0.25, 0.3) is 0 Å². The first-order valence-corrected chi connectivity index (χ1v) is 5.23. The lowest BCUT2D eigenvalue weighted by atomic mass is 10.6. The molecule has 0 aromatic carbocycles. The van der Waals surface area contributed by atoms with Crippen LogP contribution in [0.3, 0.4) is 0 Å². The molecule has 0 saturated carbocycles. The minimum absolute atomic E-state index is 0.0829. The maximum Gasteiger partial charge on any atom is 0.199 e. The molecule has 0 aliphatic rings. The molecular formula is C6H10O2S2. The van der Waals surface area contributed by atoms with Gasteiger partial charge in [0.05, 0.1) is 5.25 Å². The van der Waals surface area contributed by atoms with Crippen molar-refractivity contribution in [2.75, 3.05) is 0 Å². The summed E-state index contributed by atoms with van der Waals surface area (Å²) < 4.78 is 0. The Hall–Kier alpha value is 0.0400. The highest BCUT2D eigenvalue weighted by atomic mass is 33.1. The van der Waals surface area contributed by atoms with Gasteiger partial charge >= 0.3 is 0 Å². The zero-order chi connectivity index (χ0) is 7.98. The van der Waals surface area contributed by atoms with E-state index in [-0.39, 0.29) is 10.4 Å². The fraction of sp³-hybridized carbons (Fsp3) is 0.667. The predicted molar refractivity (Wildman–Crippen MR) is 46.0 cm³/mol. The van der Waals surface area contributed by atoms with Gasteiger partial charge in [0.15, 0.2) is 5.12 Å². The molecular weight excluding hydrogens is 168 g/mol. The summed E-state index contributed by atoms with van der Waals surface area (Å²) in [5.74, 6) is 0. The third kappa shape index (κ3) is 4.88. The number of carbonyl (C=O) groups excluding carboxylic acids is 2. The van der Waals surface area contributed by atoms with Crippen molar-refractivity contribution in [1.82, 2.24) is 0 Å². The van der Waals surface area contributed by atoms with Gasteiger partial charge in [0.2, 0.25) is 0 Å². The minimum atomic E-state index is -0.0829. The van der Waals surface area contributed by atoms with Gasteiger partial charge in [0.1, 0.15) is 6.29 Å². The fourth-order valence-corrected chi connectivity index (χ4v) is 1.90. The average molecular weight is 178 g/mol. The van der Waals surface area contributed by atoms with E-state index < -0.39 is 0 Å². The molecule has 1 unspecified atom stereocenters. The molecule has 0 rings (SSSR count). The Kier molecular flexibility index (Phi) is 5.82. The Morgan fingerprint density at radius 1 is 1.70 bits per heavy atom. The summed E-state index contributed by atoms with van der Waals surface area (Å²) in [6.07, 6.45) is 1.36. The van der Waals surface area contributed by atoms with E-state index in [1.54, 1.807) is 6.92 Å². The van der Waals surface area contributed by atoms with Crippen molar-refractivity contribution in [3.8, 4) is 0 Å². The van der Waals surface area contributed by atoms with Crippen molar-refractivity contribution in [2.24, 2.45) is 0 Å². The molecule has 0 radical (unpaired) electrons. The number of hydrogen-bond donors (Lipinski definition) is 0. The molecule has 0 aliphatic heterocycles. The SMILES string of the molecule is CCC(=O)SSC(C)C=O. The molecule has 0 bridgehead atoms. The Balaban J connectivity index is 3.34. The monoisotopic (exact) mass is 178 g/mol. The topological polar surface area (TPSA) is 34.1 Å². The van der Waals surface area contributed by atoms with Crippen LogP contribution in [0.15, 0.2) is 0 Å². The summed E-state index contributed by atoms with van der Waals surface area (Å²) >= 11 is 0. The first kappa shape index (κ1) is 10.0. The molecule has 0 N–H and O–H groups in total. The lowest BCUT2D eigenvalue weighted by molar-refractivity contribution is -0.110. The van der Waals surface area contributed by atoms with E-state index in [1.165, 1.54) is 10.8 Å². The fourth-order valence-electron chi connectivity index (χ4n) is 0.211. The van der Waals surface area contributed by atoms with Gasteiger partial charge < -0.3 is 4.79 Å². The zero-order valence-corrected chi connectivity index (χ0v) is 7.63. The van der Waals surface area contributed by atoms with Crippen LogP contribution in [0.25, 0.3) is 0 Å². The first-order valence-electron chi connectivity index (χ1n) is 3.02. The number of rotatable bonds is 4. The van der Waals surface area contributed by atoms with Gasteiger partial charge in [-0.05, 0) is 17.7 Å². The van der Waals surface area contributed by atoms with Crippen molar-refractivity contribution in [1.29, 1.82) is 0 Å². The molecule has 4 heteroatoms. The smallest absolute Gasteiger partial charge is 0.199 e. The number of aldehydes is 1. The summed E-state index contributed by atoms with van der Waals surface area (Å²) in [4.78, 5) is 20.7. The summed E-state index contributed by atoms with van der Waals surface area (Å²) in [6, 6.07) is 0. The molecule has 2 nitrogen and oxygen atoms in total. The van der Waals surface area contributed by atoms with Gasteiger partial charge in [-0.3, -0.25) is 4.79 Å². The van der Waals surface area contributed by atoms with E-state index in [0.29, 0.717) is 6.42 Å². The van der Waals surface area contributed by atoms with E-state index in [9.17, 15) is 9.59 Å². The second-order valence-electron chi connectivity index (χ2n) is 1.75. The van der Waals surface area contributed by atoms with Gasteiger partial charge in [0, 0.05) is 6.42 Å². The molecule has 10 heavy (non-hydrogen) atoms. The molecule has 0 fully saturated rings. The standard InChI is InChI=1S/C6H10O2S2/c1-3-6(8)10-9-5(2)4-7/h4-5H,3H2,1-2H3. The Labute approximate surface area is 68.5 Å². The van der Waals surface area contributed by atoms with Crippen LogP contribution < -0.4 is 0 Å². The maximum atomic E-state index is 10.7. The van der Waals surface area contributed by atoms with Crippen molar-refractivity contribution in [3.63, 3.8) is 0 Å². The normalized spacial score (nSPS) is 12.6. The zero-order valence-electron chi connectivity index (χ0n) is 5.99. The Morgan fingerprint density at radius 2 is 2.30 bits per heavy atom. The highest BCUT2D eigenvalue weighted by Gasteiger charge is 2.04. The first-order chi connectivity index (χ1) is 4.70. The Bertz CT molecular complexity index is 125. The van der Waals surface area contributed by atoms with Crippen molar-refractivity contribution >= 4 is 33.0 Å². The van der Waals surface area contributed by atoms with Gasteiger partial charge in [-0.1, -0.05) is 17.7 Å². The van der Waals surface area contributed by atoms with Crippen LogP contribution in [-0.2, 0) is 9.59 Å². The van der Waals surface area contributed by atoms with Gasteiger partial charge in [-0.25, -0.2) is 0 Å². The molecule has 0 aliphatic carbocycles. The third-order valence-corrected chi connectivity index (χ3v) is 3.52. The van der Waals surface area contributed by atoms with Crippen LogP contribution in [0.5, 0.6) is 0 Å². The maximum absolute atomic E-state index is 10.7. The molecule has 0 spiro atoms. The molecule has 1 atom stereocenters. The van der Waals surface area contributed by atoms with Crippen LogP contribution in [-0.4, -0.2) is 16.7 Å². The van der Waals surface area contributed by atoms with E-state index in [1.807, 2.05) is 6.92 Å². The molecule has 0 aromatic heterocycles. The van der Waals surface area contributed by atoms with E-state index in [2.05, 4.69) is 0 Å². The second-order valence-corrected chi connectivity index (χ2v) is 4.38. The summed E-state index contributed by atoms with van der Waals surface area (Å²) in [5, 5.41) is 0.0409. The quantitative estimate of drug-likeness (QED) is 0.486. The van der Waals surface area contributed by atoms with Crippen molar-refractivity contribution in [3.05, 3.63) is 0 Å². The van der Waals surface area contributed by atoms with E-state index >= 15 is 0 Å². The number of carbonyl (C=O) groups is 2. The third-order valence-electron chi connectivity index (χ3n) is 0.773. The Morgan fingerprint density at radius 3 is 2.70 bits per heavy atom. The highest BCUT2D eigenvalue weighted by Crippen LogP contribution is 2.26. The molecule has 0 heterocycles. The predicted octanol–water partition coefficient (Wildman–Crippen LogP) is 1.89. The molecule has 0 aromatic rings. The minimum Gasteiger partial charge on any atom is -0.302 e. The molecule has 0 amide bonds.